The van der Waals surface area contributed by atoms with Gasteiger partial charge in [-0.05, 0) is 32.0 Å². The number of aromatic nitrogens is 1. The Bertz CT molecular complexity index is 1100. The molecule has 0 aliphatic rings. The summed E-state index contributed by atoms with van der Waals surface area (Å²) >= 11 is 0. The van der Waals surface area contributed by atoms with Crippen LogP contribution in [0, 0.1) is 0 Å². The molecule has 0 aliphatic heterocycles. The average molecular weight is 376 g/mol. The molecule has 0 spiro atoms. The molecule has 2 aromatic carbocycles. The second-order valence-corrected chi connectivity index (χ2v) is 7.54. The molecule has 1 N–H and O–H groups in total. The van der Waals surface area contributed by atoms with E-state index in [1.54, 1.807) is 25.1 Å². The summed E-state index contributed by atoms with van der Waals surface area (Å²) in [6.07, 6.45) is 0. The van der Waals surface area contributed by atoms with Crippen molar-refractivity contribution >= 4 is 21.1 Å². The van der Waals surface area contributed by atoms with Crippen molar-refractivity contribution in [2.75, 3.05) is 7.11 Å². The molecule has 0 unspecified atom stereocenters. The molecule has 0 aliphatic carbocycles. The highest BCUT2D eigenvalue weighted by Crippen LogP contribution is 2.26. The largest absolute Gasteiger partial charge is 0.496 e. The van der Waals surface area contributed by atoms with Crippen LogP contribution < -0.4 is 15.2 Å². The zero-order chi connectivity index (χ0) is 18.9. The Morgan fingerprint density at radius 3 is 2.65 bits per heavy atom. The predicted octanol–water partition coefficient (Wildman–Crippen LogP) is 2.66. The van der Waals surface area contributed by atoms with Crippen LogP contribution >= 0.6 is 0 Å². The van der Waals surface area contributed by atoms with Crippen molar-refractivity contribution in [2.45, 2.75) is 31.3 Å². The van der Waals surface area contributed by atoms with E-state index in [1.807, 2.05) is 19.1 Å². The maximum atomic E-state index is 12.7. The summed E-state index contributed by atoms with van der Waals surface area (Å²) in [5.74, 6) is 0.0940. The predicted molar refractivity (Wildman–Crippen MR) is 97.9 cm³/mol. The Morgan fingerprint density at radius 1 is 1.23 bits per heavy atom. The number of methoxy groups -OCH3 is 1. The second-order valence-electron chi connectivity index (χ2n) is 5.83. The number of aryl methyl sites for hydroxylation is 1. The number of hydrogen-bond acceptors (Lipinski definition) is 5. The molecule has 1 heterocycles. The van der Waals surface area contributed by atoms with Crippen LogP contribution in [-0.2, 0) is 16.6 Å². The van der Waals surface area contributed by atoms with Gasteiger partial charge in [-0.3, -0.25) is 4.57 Å². The second kappa shape index (κ2) is 6.97. The molecule has 3 rings (SSSR count). The minimum absolute atomic E-state index is 0.0313. The van der Waals surface area contributed by atoms with Crippen molar-refractivity contribution in [3.63, 3.8) is 0 Å². The van der Waals surface area contributed by atoms with Gasteiger partial charge in [0.05, 0.1) is 17.5 Å². The number of benzene rings is 2. The lowest BCUT2D eigenvalue weighted by molar-refractivity contribution is 0.405. The summed E-state index contributed by atoms with van der Waals surface area (Å²) in [6, 6.07) is 11.1. The normalized spacial score (nSPS) is 13.0. The number of hydrogen-bond donors (Lipinski definition) is 1. The number of rotatable bonds is 6. The van der Waals surface area contributed by atoms with E-state index in [4.69, 9.17) is 9.15 Å². The molecule has 7 nitrogen and oxygen atoms in total. The maximum absolute atomic E-state index is 12.7. The highest BCUT2D eigenvalue weighted by molar-refractivity contribution is 7.89. The first kappa shape index (κ1) is 18.2. The summed E-state index contributed by atoms with van der Waals surface area (Å²) < 4.78 is 40.0. The first-order valence-electron chi connectivity index (χ1n) is 8.16. The van der Waals surface area contributed by atoms with Crippen molar-refractivity contribution in [3.8, 4) is 5.75 Å². The number of fused-ring (bicyclic) bond motifs is 1. The summed E-state index contributed by atoms with van der Waals surface area (Å²) in [4.78, 5) is 11.8. The first-order valence-corrected chi connectivity index (χ1v) is 9.64. The fraction of sp³-hybridized carbons (Fsp3) is 0.278. The van der Waals surface area contributed by atoms with Gasteiger partial charge >= 0.3 is 5.76 Å². The highest BCUT2D eigenvalue weighted by Gasteiger charge is 2.22. The number of ether oxygens (including phenoxy) is 1. The van der Waals surface area contributed by atoms with Gasteiger partial charge in [-0.2, -0.15) is 0 Å². The third-order valence-electron chi connectivity index (χ3n) is 4.20. The molecule has 0 radical (unpaired) electrons. The maximum Gasteiger partial charge on any atom is 0.419 e. The van der Waals surface area contributed by atoms with Gasteiger partial charge in [-0.15, -0.1) is 0 Å². The number of nitrogens with zero attached hydrogens (tertiary/aromatic N) is 1. The Morgan fingerprint density at radius 2 is 1.96 bits per heavy atom. The van der Waals surface area contributed by atoms with Gasteiger partial charge in [0.15, 0.2) is 5.58 Å². The minimum Gasteiger partial charge on any atom is -0.496 e. The van der Waals surface area contributed by atoms with Crippen LogP contribution in [-0.4, -0.2) is 20.1 Å². The smallest absolute Gasteiger partial charge is 0.419 e. The van der Waals surface area contributed by atoms with Crippen LogP contribution in [0.2, 0.25) is 0 Å². The third kappa shape index (κ3) is 3.25. The highest BCUT2D eigenvalue weighted by atomic mass is 32.2. The monoisotopic (exact) mass is 376 g/mol. The summed E-state index contributed by atoms with van der Waals surface area (Å²) in [6.45, 7) is 4.00. The van der Waals surface area contributed by atoms with Gasteiger partial charge < -0.3 is 9.15 Å². The Labute approximate surface area is 151 Å². The van der Waals surface area contributed by atoms with Crippen molar-refractivity contribution in [2.24, 2.45) is 0 Å². The summed E-state index contributed by atoms with van der Waals surface area (Å²) in [5, 5.41) is 0. The van der Waals surface area contributed by atoms with Gasteiger partial charge in [0.25, 0.3) is 0 Å². The molecule has 0 bridgehead atoms. The number of para-hydroxylation sites is 1. The lowest BCUT2D eigenvalue weighted by Gasteiger charge is -2.17. The van der Waals surface area contributed by atoms with Gasteiger partial charge in [0.1, 0.15) is 5.75 Å². The molecule has 138 valence electrons. The molecule has 8 heteroatoms. The Hall–Kier alpha value is -2.58. The van der Waals surface area contributed by atoms with Crippen LogP contribution in [0.1, 0.15) is 25.5 Å². The molecular weight excluding hydrogens is 356 g/mol. The van der Waals surface area contributed by atoms with Crippen LogP contribution in [0.3, 0.4) is 0 Å². The van der Waals surface area contributed by atoms with Crippen LogP contribution in [0.25, 0.3) is 11.1 Å². The van der Waals surface area contributed by atoms with E-state index in [2.05, 4.69) is 4.72 Å². The summed E-state index contributed by atoms with van der Waals surface area (Å²) in [7, 11) is -2.28. The number of sulfonamides is 1. The first-order chi connectivity index (χ1) is 12.4. The Kier molecular flexibility index (Phi) is 4.88. The fourth-order valence-corrected chi connectivity index (χ4v) is 4.14. The fourth-order valence-electron chi connectivity index (χ4n) is 2.90. The van der Waals surface area contributed by atoms with Crippen molar-refractivity contribution in [1.29, 1.82) is 0 Å². The van der Waals surface area contributed by atoms with E-state index in [-0.39, 0.29) is 10.5 Å². The lowest BCUT2D eigenvalue weighted by Crippen LogP contribution is -2.27. The van der Waals surface area contributed by atoms with Crippen LogP contribution in [0.4, 0.5) is 0 Å². The van der Waals surface area contributed by atoms with E-state index in [0.717, 1.165) is 5.56 Å². The third-order valence-corrected chi connectivity index (χ3v) is 5.74. The van der Waals surface area contributed by atoms with Crippen LogP contribution in [0.15, 0.2) is 56.6 Å². The molecule has 3 aromatic rings. The van der Waals surface area contributed by atoms with E-state index in [9.17, 15) is 13.2 Å². The molecule has 1 atom stereocenters. The lowest BCUT2D eigenvalue weighted by atomic mass is 10.1. The molecule has 0 saturated heterocycles. The molecule has 0 saturated carbocycles. The minimum atomic E-state index is -3.81. The van der Waals surface area contributed by atoms with Gasteiger partial charge in [0.2, 0.25) is 10.0 Å². The molecule has 0 amide bonds. The molecule has 0 fully saturated rings. The number of nitrogens with one attached hydrogen (secondary N) is 1. The standard InChI is InChI=1S/C18H20N2O5S/c1-4-20-15-10-9-13(11-17(15)25-18(20)21)26(22,23)19-12(2)14-7-5-6-8-16(14)24-3/h5-12,19H,4H2,1-3H3/t12-/m1/s1. The SMILES string of the molecule is CCn1c(=O)oc2cc(S(=O)(=O)N[C@H](C)c3ccccc3OC)ccc21. The van der Waals surface area contributed by atoms with Crippen LogP contribution in [0.5, 0.6) is 5.75 Å². The van der Waals surface area contributed by atoms with E-state index >= 15 is 0 Å². The quantitative estimate of drug-likeness (QED) is 0.714. The zero-order valence-corrected chi connectivity index (χ0v) is 15.5. The number of oxazole rings is 1. The van der Waals surface area contributed by atoms with Gasteiger partial charge in [0, 0.05) is 24.2 Å². The zero-order valence-electron chi connectivity index (χ0n) is 14.7. The van der Waals surface area contributed by atoms with Gasteiger partial charge in [-0.25, -0.2) is 17.9 Å². The summed E-state index contributed by atoms with van der Waals surface area (Å²) in [5.41, 5.74) is 1.53. The molecule has 1 aromatic heterocycles. The van der Waals surface area contributed by atoms with E-state index in [0.29, 0.717) is 17.8 Å². The molecule has 26 heavy (non-hydrogen) atoms. The topological polar surface area (TPSA) is 90.5 Å². The Balaban J connectivity index is 1.95. The average Bonchev–Trinajstić information content (AvgIpc) is 2.95. The van der Waals surface area contributed by atoms with E-state index in [1.165, 1.54) is 23.8 Å². The van der Waals surface area contributed by atoms with Crippen molar-refractivity contribution < 1.29 is 17.6 Å². The van der Waals surface area contributed by atoms with E-state index < -0.39 is 21.8 Å². The van der Waals surface area contributed by atoms with Gasteiger partial charge in [-0.1, -0.05) is 18.2 Å². The van der Waals surface area contributed by atoms with Crippen molar-refractivity contribution in [1.82, 2.24) is 9.29 Å². The van der Waals surface area contributed by atoms with Crippen molar-refractivity contribution in [3.05, 3.63) is 58.6 Å². The molecular formula is C18H20N2O5S.